The van der Waals surface area contributed by atoms with E-state index in [1.165, 1.54) is 18.2 Å². The van der Waals surface area contributed by atoms with Crippen molar-refractivity contribution in [3.63, 3.8) is 0 Å². The number of sulfonamides is 1. The standard InChI is InChI=1S/C15H12BrCl2NO3S/c1-10-8-12(4-7-14(10)17)19(9-15(18)20)23(21,22)13-5-2-11(16)3-6-13/h2-8H,9H2,1H3. The molecule has 4 nitrogen and oxygen atoms in total. The number of rotatable bonds is 5. The molecule has 0 radical (unpaired) electrons. The lowest BCUT2D eigenvalue weighted by molar-refractivity contribution is -0.110. The number of anilines is 1. The lowest BCUT2D eigenvalue weighted by Crippen LogP contribution is -2.34. The van der Waals surface area contributed by atoms with Gasteiger partial charge >= 0.3 is 0 Å². The molecular weight excluding hydrogens is 425 g/mol. The number of hydrogen-bond donors (Lipinski definition) is 0. The molecule has 0 heterocycles. The second-order valence-electron chi connectivity index (χ2n) is 4.75. The number of nitrogens with zero attached hydrogens (tertiary/aromatic N) is 1. The highest BCUT2D eigenvalue weighted by Crippen LogP contribution is 2.28. The molecular formula is C15H12BrCl2NO3S. The number of carbonyl (C=O) groups excluding carboxylic acids is 1. The Bertz CT molecular complexity index is 838. The van der Waals surface area contributed by atoms with Crippen molar-refractivity contribution in [2.24, 2.45) is 0 Å². The van der Waals surface area contributed by atoms with Crippen molar-refractivity contribution in [1.82, 2.24) is 0 Å². The van der Waals surface area contributed by atoms with Crippen LogP contribution >= 0.6 is 39.1 Å². The lowest BCUT2D eigenvalue weighted by Gasteiger charge is -2.23. The van der Waals surface area contributed by atoms with Crippen LogP contribution in [0.5, 0.6) is 0 Å². The molecule has 0 aliphatic heterocycles. The van der Waals surface area contributed by atoms with Gasteiger partial charge in [-0.1, -0.05) is 27.5 Å². The predicted octanol–water partition coefficient (Wildman–Crippen LogP) is 4.37. The van der Waals surface area contributed by atoms with Gasteiger partial charge in [-0.2, -0.15) is 0 Å². The first-order valence-electron chi connectivity index (χ1n) is 6.44. The molecule has 0 atom stereocenters. The fraction of sp³-hybridized carbons (Fsp3) is 0.133. The molecule has 0 saturated carbocycles. The normalized spacial score (nSPS) is 11.3. The average molecular weight is 437 g/mol. The Hall–Kier alpha value is -1.08. The Kier molecular flexibility index (Phi) is 5.73. The zero-order valence-corrected chi connectivity index (χ0v) is 15.9. The third kappa shape index (κ3) is 4.26. The Morgan fingerprint density at radius 2 is 1.78 bits per heavy atom. The SMILES string of the molecule is Cc1cc(N(CC(=O)Cl)S(=O)(=O)c2ccc(Br)cc2)ccc1Cl. The van der Waals surface area contributed by atoms with Crippen LogP contribution in [0.3, 0.4) is 0 Å². The third-order valence-corrected chi connectivity index (χ3v) is 5.96. The highest BCUT2D eigenvalue weighted by atomic mass is 79.9. The van der Waals surface area contributed by atoms with Crippen LogP contribution < -0.4 is 4.31 Å². The zero-order valence-electron chi connectivity index (χ0n) is 12.0. The quantitative estimate of drug-likeness (QED) is 0.653. The van der Waals surface area contributed by atoms with Crippen LogP contribution in [0, 0.1) is 6.92 Å². The summed E-state index contributed by atoms with van der Waals surface area (Å²) in [7, 11) is -3.93. The molecule has 0 fully saturated rings. The van der Waals surface area contributed by atoms with Crippen molar-refractivity contribution in [3.05, 3.63) is 57.5 Å². The van der Waals surface area contributed by atoms with E-state index in [9.17, 15) is 13.2 Å². The van der Waals surface area contributed by atoms with Crippen LogP contribution in [-0.4, -0.2) is 20.2 Å². The lowest BCUT2D eigenvalue weighted by atomic mass is 10.2. The molecule has 0 spiro atoms. The van der Waals surface area contributed by atoms with Gasteiger partial charge in [-0.15, -0.1) is 0 Å². The monoisotopic (exact) mass is 435 g/mol. The second-order valence-corrected chi connectivity index (χ2v) is 8.36. The molecule has 0 aromatic heterocycles. The summed E-state index contributed by atoms with van der Waals surface area (Å²) in [5.74, 6) is 0. The Morgan fingerprint density at radius 3 is 2.30 bits per heavy atom. The maximum Gasteiger partial charge on any atom is 0.264 e. The topological polar surface area (TPSA) is 54.5 Å². The van der Waals surface area contributed by atoms with E-state index in [2.05, 4.69) is 15.9 Å². The van der Waals surface area contributed by atoms with Gasteiger partial charge in [0.05, 0.1) is 10.6 Å². The fourth-order valence-corrected chi connectivity index (χ4v) is 3.93. The minimum atomic E-state index is -3.93. The van der Waals surface area contributed by atoms with Crippen molar-refractivity contribution in [2.45, 2.75) is 11.8 Å². The summed E-state index contributed by atoms with van der Waals surface area (Å²) in [5.41, 5.74) is 1.02. The number of benzene rings is 2. The molecule has 0 unspecified atom stereocenters. The molecule has 0 saturated heterocycles. The first-order chi connectivity index (χ1) is 10.7. The van der Waals surface area contributed by atoms with Gasteiger partial charge in [-0.25, -0.2) is 8.42 Å². The Balaban J connectivity index is 2.55. The van der Waals surface area contributed by atoms with Gasteiger partial charge in [0.1, 0.15) is 6.54 Å². The summed E-state index contributed by atoms with van der Waals surface area (Å²) >= 11 is 14.7. The number of carbonyl (C=O) groups is 1. The molecule has 0 N–H and O–H groups in total. The average Bonchev–Trinajstić information content (AvgIpc) is 2.48. The zero-order chi connectivity index (χ0) is 17.2. The minimum Gasteiger partial charge on any atom is -0.279 e. The summed E-state index contributed by atoms with van der Waals surface area (Å²) in [4.78, 5) is 11.4. The van der Waals surface area contributed by atoms with E-state index in [1.54, 1.807) is 31.2 Å². The highest BCUT2D eigenvalue weighted by Gasteiger charge is 2.27. The van der Waals surface area contributed by atoms with Crippen molar-refractivity contribution < 1.29 is 13.2 Å². The van der Waals surface area contributed by atoms with E-state index in [0.717, 1.165) is 8.78 Å². The number of halogens is 3. The van der Waals surface area contributed by atoms with Crippen LogP contribution in [0.2, 0.25) is 5.02 Å². The maximum atomic E-state index is 12.8. The molecule has 23 heavy (non-hydrogen) atoms. The van der Waals surface area contributed by atoms with Crippen LogP contribution in [0.1, 0.15) is 5.56 Å². The molecule has 122 valence electrons. The summed E-state index contributed by atoms with van der Waals surface area (Å²) in [6, 6.07) is 10.8. The van der Waals surface area contributed by atoms with Crippen molar-refractivity contribution in [3.8, 4) is 0 Å². The molecule has 0 amide bonds. The van der Waals surface area contributed by atoms with Gasteiger partial charge in [-0.3, -0.25) is 9.10 Å². The predicted molar refractivity (Wildman–Crippen MR) is 95.7 cm³/mol. The van der Waals surface area contributed by atoms with E-state index in [4.69, 9.17) is 23.2 Å². The molecule has 0 aliphatic carbocycles. The van der Waals surface area contributed by atoms with Crippen molar-refractivity contribution in [1.29, 1.82) is 0 Å². The molecule has 0 aliphatic rings. The van der Waals surface area contributed by atoms with Crippen LogP contribution in [-0.2, 0) is 14.8 Å². The molecule has 8 heteroatoms. The number of hydrogen-bond acceptors (Lipinski definition) is 3. The van der Waals surface area contributed by atoms with Gasteiger partial charge in [0, 0.05) is 9.50 Å². The maximum absolute atomic E-state index is 12.8. The van der Waals surface area contributed by atoms with Crippen LogP contribution in [0.15, 0.2) is 51.8 Å². The Labute approximate surface area is 153 Å². The Morgan fingerprint density at radius 1 is 1.17 bits per heavy atom. The minimum absolute atomic E-state index is 0.0613. The van der Waals surface area contributed by atoms with Crippen LogP contribution in [0.25, 0.3) is 0 Å². The summed E-state index contributed by atoms with van der Waals surface area (Å²) in [6.07, 6.45) is 0. The number of aryl methyl sites for hydroxylation is 1. The van der Waals surface area contributed by atoms with E-state index >= 15 is 0 Å². The summed E-state index contributed by atoms with van der Waals surface area (Å²) in [6.45, 7) is 1.28. The first kappa shape index (κ1) is 18.3. The van der Waals surface area contributed by atoms with Gasteiger partial charge in [0.15, 0.2) is 0 Å². The van der Waals surface area contributed by atoms with Gasteiger partial charge in [0.2, 0.25) is 5.24 Å². The van der Waals surface area contributed by atoms with Crippen molar-refractivity contribution in [2.75, 3.05) is 10.8 Å². The van der Waals surface area contributed by atoms with E-state index < -0.39 is 21.8 Å². The fourth-order valence-electron chi connectivity index (χ4n) is 1.95. The highest BCUT2D eigenvalue weighted by molar-refractivity contribution is 9.10. The second kappa shape index (κ2) is 7.21. The third-order valence-electron chi connectivity index (χ3n) is 3.10. The van der Waals surface area contributed by atoms with E-state index in [0.29, 0.717) is 16.3 Å². The molecule has 0 bridgehead atoms. The van der Waals surface area contributed by atoms with E-state index in [-0.39, 0.29) is 4.90 Å². The molecule has 2 aromatic carbocycles. The first-order valence-corrected chi connectivity index (χ1v) is 9.43. The van der Waals surface area contributed by atoms with Gasteiger partial charge in [0.25, 0.3) is 10.0 Å². The van der Waals surface area contributed by atoms with Crippen molar-refractivity contribution >= 4 is 60.1 Å². The van der Waals surface area contributed by atoms with Gasteiger partial charge in [-0.05, 0) is 66.6 Å². The van der Waals surface area contributed by atoms with Gasteiger partial charge < -0.3 is 0 Å². The van der Waals surface area contributed by atoms with E-state index in [1.807, 2.05) is 0 Å². The summed E-state index contributed by atoms with van der Waals surface area (Å²) < 4.78 is 27.4. The smallest absolute Gasteiger partial charge is 0.264 e. The van der Waals surface area contributed by atoms with Crippen LogP contribution in [0.4, 0.5) is 5.69 Å². The molecule has 2 aromatic rings. The largest absolute Gasteiger partial charge is 0.279 e. The summed E-state index contributed by atoms with van der Waals surface area (Å²) in [5, 5.41) is -0.273. The molecule has 2 rings (SSSR count).